The monoisotopic (exact) mass is 2110 g/mol. The Morgan fingerprint density at radius 1 is 0.412 bits per heavy atom. The van der Waals surface area contributed by atoms with Crippen LogP contribution in [0.2, 0.25) is 0 Å². The van der Waals surface area contributed by atoms with Gasteiger partial charge in [0.1, 0.15) is 22.8 Å². The third-order valence-electron chi connectivity index (χ3n) is 24.1. The summed E-state index contributed by atoms with van der Waals surface area (Å²) in [7, 11) is 18.2. The molecular weight excluding hydrogens is 2000 g/mol. The van der Waals surface area contributed by atoms with E-state index < -0.39 is 47.5 Å². The number of ether oxygens (including phenoxy) is 3. The Morgan fingerprint density at radius 3 is 1.39 bits per heavy atom. The summed E-state index contributed by atoms with van der Waals surface area (Å²) in [5.41, 5.74) is 5.92. The first-order valence-corrected chi connectivity index (χ1v) is 50.1. The molecule has 788 valence electrons. The summed E-state index contributed by atoms with van der Waals surface area (Å²) < 4.78 is 183. The average Bonchev–Trinajstić information content (AvgIpc) is 1.65. The van der Waals surface area contributed by atoms with Gasteiger partial charge in [-0.05, 0) is 179 Å². The van der Waals surface area contributed by atoms with Crippen molar-refractivity contribution in [2.24, 2.45) is 7.05 Å². The molecule has 29 nitrogen and oxygen atoms in total. The molecule has 4 aromatic carbocycles. The van der Waals surface area contributed by atoms with Crippen molar-refractivity contribution >= 4 is 63.5 Å². The molecule has 14 aromatic rings. The highest BCUT2D eigenvalue weighted by Gasteiger charge is 2.40. The van der Waals surface area contributed by atoms with Gasteiger partial charge in [-0.2, -0.15) is 83.3 Å². The number of hydrogen-bond acceptors (Lipinski definition) is 21. The second kappa shape index (κ2) is 50.1. The predicted octanol–water partition coefficient (Wildman–Crippen LogP) is 19.6. The van der Waals surface area contributed by atoms with Gasteiger partial charge >= 0.3 is 24.7 Å². The molecular formula is C104H117F12N21O8S3. The van der Waals surface area contributed by atoms with Crippen molar-refractivity contribution in [3.63, 3.8) is 0 Å². The number of nitrogens with one attached hydrogen (secondary N) is 1. The number of aryl methyl sites for hydroxylation is 3. The van der Waals surface area contributed by atoms with Gasteiger partial charge in [0, 0.05) is 181 Å². The van der Waals surface area contributed by atoms with E-state index >= 15 is 0 Å². The molecule has 0 unspecified atom stereocenters. The second-order valence-corrected chi connectivity index (χ2v) is 39.6. The number of alkyl halides is 12. The minimum atomic E-state index is -4.58. The first kappa shape index (κ1) is 112. The lowest BCUT2D eigenvalue weighted by Crippen LogP contribution is -2.38. The number of morpholine rings is 2. The molecule has 148 heavy (non-hydrogen) atoms. The van der Waals surface area contributed by atoms with Gasteiger partial charge < -0.3 is 44.0 Å². The third kappa shape index (κ3) is 29.8. The lowest BCUT2D eigenvalue weighted by molar-refractivity contribution is -0.145. The minimum Gasteiger partial charge on any atom is -0.379 e. The molecule has 0 spiro atoms. The number of amides is 5. The lowest BCUT2D eigenvalue weighted by Gasteiger charge is -2.26. The maximum absolute atomic E-state index is 13.5. The highest BCUT2D eigenvalue weighted by Crippen LogP contribution is 2.41. The zero-order chi connectivity index (χ0) is 107. The Labute approximate surface area is 860 Å². The zero-order valence-corrected chi connectivity index (χ0v) is 86.5. The molecule has 1 aliphatic carbocycles. The van der Waals surface area contributed by atoms with Crippen LogP contribution < -0.4 is 5.32 Å². The van der Waals surface area contributed by atoms with Gasteiger partial charge in [-0.25, -0.2) is 14.3 Å². The fraction of sp³-hybridized carbons (Fsp3) is 0.385. The number of hydrogen-bond donors (Lipinski definition) is 1. The summed E-state index contributed by atoms with van der Waals surface area (Å²) in [5.74, 6) is -0.365. The van der Waals surface area contributed by atoms with Crippen LogP contribution in [0.3, 0.4) is 0 Å². The van der Waals surface area contributed by atoms with Gasteiger partial charge in [0.15, 0.2) is 17.2 Å². The molecule has 1 atom stereocenters. The quantitative estimate of drug-likeness (QED) is 0.0551. The van der Waals surface area contributed by atoms with Crippen molar-refractivity contribution < 1.29 is 90.9 Å². The molecule has 4 fully saturated rings. The lowest BCUT2D eigenvalue weighted by atomic mass is 10.1. The molecule has 44 heteroatoms. The van der Waals surface area contributed by atoms with Gasteiger partial charge in [-0.3, -0.25) is 52.5 Å². The predicted molar refractivity (Wildman–Crippen MR) is 543 cm³/mol. The second-order valence-electron chi connectivity index (χ2n) is 36.3. The molecule has 0 bridgehead atoms. The summed E-state index contributed by atoms with van der Waals surface area (Å²) in [4.78, 5) is 81.0. The van der Waals surface area contributed by atoms with Gasteiger partial charge in [-0.1, -0.05) is 73.5 Å². The molecule has 10 aromatic heterocycles. The maximum atomic E-state index is 13.5. The van der Waals surface area contributed by atoms with Crippen LogP contribution in [-0.4, -0.2) is 283 Å². The molecule has 1 saturated carbocycles. The number of rotatable bonds is 24. The van der Waals surface area contributed by atoms with Crippen LogP contribution in [0.25, 0.3) is 77.0 Å². The van der Waals surface area contributed by atoms with Crippen molar-refractivity contribution in [2.75, 3.05) is 149 Å². The number of carbonyl (C=O) groups is 5. The number of thiophene rings is 3. The number of para-hydroxylation sites is 1. The number of benzene rings is 4. The van der Waals surface area contributed by atoms with E-state index in [1.165, 1.54) is 104 Å². The molecule has 5 amide bonds. The van der Waals surface area contributed by atoms with Gasteiger partial charge in [0.25, 0.3) is 29.5 Å². The maximum Gasteiger partial charge on any atom is 0.435 e. The van der Waals surface area contributed by atoms with Crippen LogP contribution in [0.5, 0.6) is 0 Å². The molecule has 1 N–H and O–H groups in total. The van der Waals surface area contributed by atoms with Crippen LogP contribution in [0.4, 0.5) is 52.7 Å². The van der Waals surface area contributed by atoms with E-state index in [0.29, 0.717) is 117 Å². The fourth-order valence-electron chi connectivity index (χ4n) is 16.4. The normalized spacial score (nSPS) is 14.6. The minimum absolute atomic E-state index is 0.0266. The largest absolute Gasteiger partial charge is 0.435 e. The zero-order valence-electron chi connectivity index (χ0n) is 84.0. The molecule has 18 rings (SSSR count). The highest BCUT2D eigenvalue weighted by molar-refractivity contribution is 7.17. The number of aromatic nitrogens is 13. The number of carbonyl (C=O) groups excluding carboxylic acids is 5. The van der Waals surface area contributed by atoms with Crippen LogP contribution in [0, 0.1) is 13.8 Å². The van der Waals surface area contributed by atoms with Gasteiger partial charge in [-0.15, -0.1) is 34.0 Å². The van der Waals surface area contributed by atoms with E-state index in [0.717, 1.165) is 129 Å². The van der Waals surface area contributed by atoms with Crippen molar-refractivity contribution in [1.82, 2.24) is 103 Å². The summed E-state index contributed by atoms with van der Waals surface area (Å²) in [6.45, 7) is 13.3. The van der Waals surface area contributed by atoms with E-state index in [-0.39, 0.29) is 59.4 Å². The van der Waals surface area contributed by atoms with Crippen molar-refractivity contribution in [3.05, 3.63) is 266 Å². The average molecular weight is 2110 g/mol. The standard InChI is InChI=1S/2C19H23F3N4O2.C18H15F3N4O.C17H17N3OS.C16H21N3OS.C15H18F3N3OS/c1-24(2)18(27)15-5-3-14(4-6-15)16-13-17(19(20,21)22)23-26(16)8-7-25-9-11-28-12-10-25;1-24(2)18(27)15-5-3-14(4-6-15)16-13-17(19(20,21)22)26(23-16)8-7-25-9-11-28-12-10-25;1-24(2)17(26)13-8-6-12(7-9-13)14-11-15(18(19,20)21)25(23-14)16-5-3-4-10-22-16;1-12-11-14(20(18-12)13-7-5-4-6-8-13)15-9-10-16(22-15)17(21)19(2)3;1-11-10-13(17-19(11)12-6-4-5-7-12)14-8-9-15(21-14)16(20)18(2)3;1-21-14(15(16,17)18)7-12(20-21)13-5-4-11(23-13)9-19-8-10-3-2-6-22-10/h2*3-6,13H,7-12H2,1-2H3;3-11H,1-2H3;4-11H,1-3H3;8-10,12H,4-7H2,1-3H3;4-5,7,10,19H,2-3,6,8-9H2,1H3/t;;;;;10-/m.....0/s1. The third-order valence-corrected chi connectivity index (χ3v) is 27.4. The molecule has 0 radical (unpaired) electrons. The Kier molecular flexibility index (Phi) is 37.9. The Morgan fingerprint density at radius 2 is 0.892 bits per heavy atom. The summed E-state index contributed by atoms with van der Waals surface area (Å²) in [5, 5.41) is 28.7. The SMILES string of the molecule is CN(C)C(=O)c1ccc(-c2cc(C(F)(F)F)n(-c3ccccn3)n2)cc1.CN(C)C(=O)c1ccc(-c2cc(C(F)(F)F)n(CCN3CCOCC3)n2)cc1.CN(C)C(=O)c1ccc(-c2cc(C(F)(F)F)nn2CCN2CCOCC2)cc1.Cc1cc(-c2ccc(C(=O)N(C)C)s2)n(-c2ccccc2)n1.Cc1cc(-c2ccc(C(=O)N(C)C)s2)nn1C1CCCC1.Cn1nc(-c2ccc(CNC[C@@H]3CCCO3)s2)cc1C(F)(F)F. The Bertz CT molecular complexity index is 6710. The van der Waals surface area contributed by atoms with Crippen molar-refractivity contribution in [1.29, 1.82) is 0 Å². The van der Waals surface area contributed by atoms with E-state index in [1.54, 1.807) is 165 Å². The number of nitrogens with zero attached hydrogens (tertiary/aromatic N) is 20. The fourth-order valence-corrected chi connectivity index (χ4v) is 19.3. The topological polar surface area (TPSA) is 268 Å². The van der Waals surface area contributed by atoms with Gasteiger partial charge in [0.05, 0.1) is 110 Å². The van der Waals surface area contributed by atoms with Crippen molar-refractivity contribution in [2.45, 2.75) is 109 Å². The molecule has 13 heterocycles. The molecule has 4 aliphatic rings. The van der Waals surface area contributed by atoms with Crippen LogP contribution in [0.15, 0.2) is 200 Å². The van der Waals surface area contributed by atoms with E-state index in [2.05, 4.69) is 63.3 Å². The first-order chi connectivity index (χ1) is 70.3. The van der Waals surface area contributed by atoms with Crippen molar-refractivity contribution in [3.8, 4) is 77.0 Å². The summed E-state index contributed by atoms with van der Waals surface area (Å²) >= 11 is 4.47. The van der Waals surface area contributed by atoms with E-state index in [9.17, 15) is 76.7 Å². The van der Waals surface area contributed by atoms with E-state index in [4.69, 9.17) is 19.3 Å². The smallest absolute Gasteiger partial charge is 0.379 e. The van der Waals surface area contributed by atoms with Crippen LogP contribution in [0.1, 0.15) is 134 Å². The summed E-state index contributed by atoms with van der Waals surface area (Å²) in [6.07, 6.45) is -9.03. The van der Waals surface area contributed by atoms with Crippen LogP contribution in [-0.2, 0) is 65.6 Å². The van der Waals surface area contributed by atoms with Gasteiger partial charge in [0.2, 0.25) is 0 Å². The molecule has 3 aliphatic heterocycles. The number of halogens is 12. The highest BCUT2D eigenvalue weighted by atomic mass is 32.1. The summed E-state index contributed by atoms with van der Waals surface area (Å²) in [6, 6.07) is 54.3. The number of pyridine rings is 1. The van der Waals surface area contributed by atoms with E-state index in [1.807, 2.05) is 84.4 Å². The Hall–Kier alpha value is -13.3. The Balaban J connectivity index is 0.000000149. The first-order valence-electron chi connectivity index (χ1n) is 47.6. The van der Waals surface area contributed by atoms with Crippen LogP contribution >= 0.6 is 34.0 Å². The molecule has 3 saturated heterocycles.